The van der Waals surface area contributed by atoms with Gasteiger partial charge in [-0.25, -0.2) is 0 Å². The lowest BCUT2D eigenvalue weighted by molar-refractivity contribution is -0.125. The number of rotatable bonds is 7. The van der Waals surface area contributed by atoms with Crippen LogP contribution in [0.15, 0.2) is 42.5 Å². The Morgan fingerprint density at radius 1 is 1.17 bits per heavy atom. The molecule has 1 atom stereocenters. The van der Waals surface area contributed by atoms with E-state index in [0.717, 1.165) is 17.8 Å². The lowest BCUT2D eigenvalue weighted by atomic mass is 10.1. The summed E-state index contributed by atoms with van der Waals surface area (Å²) in [7, 11) is 3.95. The van der Waals surface area contributed by atoms with Crippen molar-refractivity contribution in [3.63, 3.8) is 0 Å². The summed E-state index contributed by atoms with van der Waals surface area (Å²) in [5.41, 5.74) is 3.77. The number of ether oxygens (including phenoxy) is 1. The summed E-state index contributed by atoms with van der Waals surface area (Å²) in [6, 6.07) is 13.7. The number of benzene rings is 2. The number of fused-ring (bicyclic) bond motifs is 1. The minimum absolute atomic E-state index is 0.0464. The average Bonchev–Trinajstić information content (AvgIpc) is 2.68. The average molecular weight is 396 g/mol. The highest BCUT2D eigenvalue weighted by Gasteiger charge is 2.31. The zero-order chi connectivity index (χ0) is 21.0. The zero-order valence-electron chi connectivity index (χ0n) is 17.6. The lowest BCUT2D eigenvalue weighted by Gasteiger charge is -2.34. The van der Waals surface area contributed by atoms with Gasteiger partial charge in [0.1, 0.15) is 5.75 Å². The standard InChI is InChI=1S/C23H29N3O3/c1-16-5-7-18(8-6-16)9-12-22(27)24-19-10-11-20-21(15-19)29-17(2)23(28)26(20)14-13-25(3)4/h5-8,10-11,15,17H,9,12-14H2,1-4H3,(H,24,27). The Morgan fingerprint density at radius 2 is 1.90 bits per heavy atom. The van der Waals surface area contributed by atoms with Gasteiger partial charge < -0.3 is 19.9 Å². The minimum atomic E-state index is -0.544. The van der Waals surface area contributed by atoms with E-state index < -0.39 is 6.10 Å². The molecular formula is C23H29N3O3. The number of nitrogens with one attached hydrogen (secondary N) is 1. The zero-order valence-corrected chi connectivity index (χ0v) is 17.6. The molecular weight excluding hydrogens is 366 g/mol. The van der Waals surface area contributed by atoms with E-state index in [1.54, 1.807) is 17.9 Å². The summed E-state index contributed by atoms with van der Waals surface area (Å²) < 4.78 is 5.79. The first-order valence-corrected chi connectivity index (χ1v) is 9.95. The first-order valence-electron chi connectivity index (χ1n) is 9.95. The molecule has 0 spiro atoms. The molecule has 1 N–H and O–H groups in total. The summed E-state index contributed by atoms with van der Waals surface area (Å²) >= 11 is 0. The minimum Gasteiger partial charge on any atom is -0.479 e. The van der Waals surface area contributed by atoms with Gasteiger partial charge in [0.15, 0.2) is 6.10 Å². The van der Waals surface area contributed by atoms with Crippen LogP contribution in [-0.4, -0.2) is 50.0 Å². The van der Waals surface area contributed by atoms with E-state index in [4.69, 9.17) is 4.74 Å². The van der Waals surface area contributed by atoms with Gasteiger partial charge >= 0.3 is 0 Å². The van der Waals surface area contributed by atoms with Crippen LogP contribution < -0.4 is 15.0 Å². The number of anilines is 2. The summed E-state index contributed by atoms with van der Waals surface area (Å²) in [5, 5.41) is 2.93. The van der Waals surface area contributed by atoms with Gasteiger partial charge in [-0.05, 0) is 52.1 Å². The second-order valence-corrected chi connectivity index (χ2v) is 7.77. The number of nitrogens with zero attached hydrogens (tertiary/aromatic N) is 2. The number of aryl methyl sites for hydroxylation is 2. The number of carbonyl (C=O) groups excluding carboxylic acids is 2. The fourth-order valence-electron chi connectivity index (χ4n) is 3.26. The number of amides is 2. The maximum absolute atomic E-state index is 12.5. The van der Waals surface area contributed by atoms with E-state index in [1.165, 1.54) is 5.56 Å². The monoisotopic (exact) mass is 395 g/mol. The first kappa shape index (κ1) is 20.9. The van der Waals surface area contributed by atoms with Crippen LogP contribution in [0, 0.1) is 6.92 Å². The molecule has 1 aliphatic heterocycles. The third-order valence-electron chi connectivity index (χ3n) is 4.98. The van der Waals surface area contributed by atoms with Gasteiger partial charge in [-0.15, -0.1) is 0 Å². The predicted molar refractivity (Wildman–Crippen MR) is 116 cm³/mol. The van der Waals surface area contributed by atoms with Crippen molar-refractivity contribution in [2.24, 2.45) is 0 Å². The molecule has 0 saturated carbocycles. The van der Waals surface area contributed by atoms with Crippen LogP contribution in [0.3, 0.4) is 0 Å². The van der Waals surface area contributed by atoms with Crippen molar-refractivity contribution < 1.29 is 14.3 Å². The van der Waals surface area contributed by atoms with E-state index in [1.807, 2.05) is 38.1 Å². The Kier molecular flexibility index (Phi) is 6.54. The summed E-state index contributed by atoms with van der Waals surface area (Å²) in [6.45, 7) is 5.15. The maximum Gasteiger partial charge on any atom is 0.267 e. The summed E-state index contributed by atoms with van der Waals surface area (Å²) in [6.07, 6.45) is 0.555. The third-order valence-corrected chi connectivity index (χ3v) is 4.98. The molecule has 2 aromatic carbocycles. The van der Waals surface area contributed by atoms with E-state index in [9.17, 15) is 9.59 Å². The molecule has 6 nitrogen and oxygen atoms in total. The van der Waals surface area contributed by atoms with Gasteiger partial charge in [0.2, 0.25) is 5.91 Å². The summed E-state index contributed by atoms with van der Waals surface area (Å²) in [4.78, 5) is 28.7. The van der Waals surface area contributed by atoms with E-state index in [-0.39, 0.29) is 11.8 Å². The van der Waals surface area contributed by atoms with Crippen molar-refractivity contribution in [1.29, 1.82) is 0 Å². The van der Waals surface area contributed by atoms with Crippen LogP contribution in [0.5, 0.6) is 5.75 Å². The highest BCUT2D eigenvalue weighted by Crippen LogP contribution is 2.36. The highest BCUT2D eigenvalue weighted by molar-refractivity contribution is 6.00. The predicted octanol–water partition coefficient (Wildman–Crippen LogP) is 3.24. The Labute approximate surface area is 172 Å². The Morgan fingerprint density at radius 3 is 2.59 bits per heavy atom. The number of hydrogen-bond donors (Lipinski definition) is 1. The van der Waals surface area contributed by atoms with Gasteiger partial charge in [-0.2, -0.15) is 0 Å². The summed E-state index contributed by atoms with van der Waals surface area (Å²) in [5.74, 6) is 0.524. The van der Waals surface area contributed by atoms with Crippen LogP contribution in [-0.2, 0) is 16.0 Å². The molecule has 1 heterocycles. The molecule has 0 fully saturated rings. The normalized spacial score (nSPS) is 15.8. The van der Waals surface area contributed by atoms with E-state index in [0.29, 0.717) is 30.8 Å². The molecule has 2 aromatic rings. The van der Waals surface area contributed by atoms with Gasteiger partial charge in [-0.1, -0.05) is 29.8 Å². The Bertz CT molecular complexity index is 877. The molecule has 0 saturated heterocycles. The fourth-order valence-corrected chi connectivity index (χ4v) is 3.26. The van der Waals surface area contributed by atoms with E-state index in [2.05, 4.69) is 29.6 Å². The number of carbonyl (C=O) groups is 2. The second kappa shape index (κ2) is 9.09. The van der Waals surface area contributed by atoms with Crippen LogP contribution in [0.1, 0.15) is 24.5 Å². The Balaban J connectivity index is 1.66. The van der Waals surface area contributed by atoms with E-state index >= 15 is 0 Å². The molecule has 3 rings (SSSR count). The molecule has 154 valence electrons. The molecule has 0 bridgehead atoms. The van der Waals surface area contributed by atoms with Crippen LogP contribution in [0.4, 0.5) is 11.4 Å². The molecule has 1 aliphatic rings. The number of hydrogen-bond acceptors (Lipinski definition) is 4. The van der Waals surface area contributed by atoms with Gasteiger partial charge in [0, 0.05) is 31.3 Å². The first-order chi connectivity index (χ1) is 13.8. The van der Waals surface area contributed by atoms with Crippen molar-refractivity contribution in [2.75, 3.05) is 37.4 Å². The van der Waals surface area contributed by atoms with Gasteiger partial charge in [0.25, 0.3) is 5.91 Å². The van der Waals surface area contributed by atoms with Crippen molar-refractivity contribution in [2.45, 2.75) is 32.8 Å². The highest BCUT2D eigenvalue weighted by atomic mass is 16.5. The molecule has 6 heteroatoms. The van der Waals surface area contributed by atoms with Gasteiger partial charge in [-0.3, -0.25) is 9.59 Å². The topological polar surface area (TPSA) is 61.9 Å². The van der Waals surface area contributed by atoms with Gasteiger partial charge in [0.05, 0.1) is 5.69 Å². The number of likely N-dealkylation sites (N-methyl/N-ethyl adjacent to an activating group) is 1. The molecule has 0 aliphatic carbocycles. The molecule has 29 heavy (non-hydrogen) atoms. The second-order valence-electron chi connectivity index (χ2n) is 7.77. The lowest BCUT2D eigenvalue weighted by Crippen LogP contribution is -2.46. The quantitative estimate of drug-likeness (QED) is 0.782. The smallest absolute Gasteiger partial charge is 0.267 e. The Hall–Kier alpha value is -2.86. The fraction of sp³-hybridized carbons (Fsp3) is 0.391. The van der Waals surface area contributed by atoms with Crippen molar-refractivity contribution in [3.8, 4) is 5.75 Å². The van der Waals surface area contributed by atoms with Crippen LogP contribution >= 0.6 is 0 Å². The molecule has 2 amide bonds. The SMILES string of the molecule is Cc1ccc(CCC(=O)Nc2ccc3c(c2)OC(C)C(=O)N3CCN(C)C)cc1. The maximum atomic E-state index is 12.5. The third kappa shape index (κ3) is 5.35. The van der Waals surface area contributed by atoms with Crippen LogP contribution in [0.2, 0.25) is 0 Å². The van der Waals surface area contributed by atoms with Crippen LogP contribution in [0.25, 0.3) is 0 Å². The van der Waals surface area contributed by atoms with Crippen molar-refractivity contribution in [3.05, 3.63) is 53.6 Å². The largest absolute Gasteiger partial charge is 0.479 e. The van der Waals surface area contributed by atoms with Crippen molar-refractivity contribution >= 4 is 23.2 Å². The molecule has 0 radical (unpaired) electrons. The molecule has 1 unspecified atom stereocenters. The van der Waals surface area contributed by atoms with Crippen molar-refractivity contribution in [1.82, 2.24) is 4.90 Å². The molecule has 0 aromatic heterocycles.